The van der Waals surface area contributed by atoms with E-state index in [4.69, 9.17) is 0 Å². The molecule has 10 heteroatoms. The van der Waals surface area contributed by atoms with Crippen molar-refractivity contribution in [3.8, 4) is 0 Å². The van der Waals surface area contributed by atoms with Crippen molar-refractivity contribution < 1.29 is 18.0 Å². The lowest BCUT2D eigenvalue weighted by atomic mass is 10.0. The van der Waals surface area contributed by atoms with Gasteiger partial charge in [0.15, 0.2) is 0 Å². The van der Waals surface area contributed by atoms with Crippen molar-refractivity contribution in [1.82, 2.24) is 19.4 Å². The van der Waals surface area contributed by atoms with Gasteiger partial charge < -0.3 is 14.8 Å². The molecule has 3 heterocycles. The molecule has 1 aliphatic rings. The van der Waals surface area contributed by atoms with Gasteiger partial charge >= 0.3 is 6.18 Å². The van der Waals surface area contributed by atoms with E-state index in [2.05, 4.69) is 30.7 Å². The number of benzene rings is 3. The number of halogens is 3. The van der Waals surface area contributed by atoms with Crippen LogP contribution in [0.4, 0.5) is 18.9 Å². The molecule has 1 N–H and O–H groups in total. The van der Waals surface area contributed by atoms with E-state index < -0.39 is 17.6 Å². The lowest BCUT2D eigenvalue weighted by molar-refractivity contribution is -0.137. The molecule has 3 aromatic carbocycles. The van der Waals surface area contributed by atoms with Crippen molar-refractivity contribution in [2.75, 3.05) is 38.5 Å². The number of hydrogen-bond donors (Lipinski definition) is 1. The van der Waals surface area contributed by atoms with Crippen LogP contribution in [0.5, 0.6) is 0 Å². The normalized spacial score (nSPS) is 15.2. The minimum Gasteiger partial charge on any atom is -0.343 e. The Morgan fingerprint density at radius 1 is 0.950 bits per heavy atom. The maximum Gasteiger partial charge on any atom is 0.416 e. The number of anilines is 1. The third-order valence-electron chi connectivity index (χ3n) is 7.36. The van der Waals surface area contributed by atoms with Gasteiger partial charge in [0.25, 0.3) is 5.91 Å². The van der Waals surface area contributed by atoms with Gasteiger partial charge in [-0.15, -0.1) is 11.3 Å². The Morgan fingerprint density at radius 3 is 2.58 bits per heavy atom. The number of nitrogens with one attached hydrogen (secondary N) is 1. The second-order valence-electron chi connectivity index (χ2n) is 10.3. The van der Waals surface area contributed by atoms with E-state index in [1.165, 1.54) is 0 Å². The summed E-state index contributed by atoms with van der Waals surface area (Å²) in [7, 11) is 2.03. The van der Waals surface area contributed by atoms with Crippen LogP contribution in [0.25, 0.3) is 21.1 Å². The fourth-order valence-electron chi connectivity index (χ4n) is 5.14. The number of carbonyl (C=O) groups excluding carboxylic acids is 1. The average molecular weight is 564 g/mol. The zero-order chi connectivity index (χ0) is 27.9. The summed E-state index contributed by atoms with van der Waals surface area (Å²) in [5.41, 5.74) is 5.02. The molecule has 5 aromatic rings. The molecule has 1 saturated heterocycles. The van der Waals surface area contributed by atoms with Gasteiger partial charge in [-0.2, -0.15) is 13.2 Å². The number of rotatable bonds is 6. The first kappa shape index (κ1) is 26.5. The van der Waals surface area contributed by atoms with Crippen LogP contribution in [-0.4, -0.2) is 58.5 Å². The third-order valence-corrected chi connectivity index (χ3v) is 8.16. The first-order chi connectivity index (χ1) is 19.2. The zero-order valence-corrected chi connectivity index (χ0v) is 22.7. The molecule has 1 fully saturated rings. The number of nitrogens with zero attached hydrogens (tertiary/aromatic N) is 4. The Hall–Kier alpha value is -3.73. The van der Waals surface area contributed by atoms with E-state index in [1.54, 1.807) is 23.5 Å². The fraction of sp³-hybridized carbons (Fsp3) is 0.267. The molecule has 0 spiro atoms. The number of likely N-dealkylation sites (N-methyl/N-ethyl adjacent to an activating group) is 1. The molecule has 2 aromatic heterocycles. The van der Waals surface area contributed by atoms with Gasteiger partial charge in [-0.05, 0) is 72.1 Å². The Balaban J connectivity index is 1.24. The van der Waals surface area contributed by atoms with Gasteiger partial charge in [-0.3, -0.25) is 9.69 Å². The van der Waals surface area contributed by atoms with Crippen molar-refractivity contribution in [3.63, 3.8) is 0 Å². The molecule has 206 valence electrons. The Morgan fingerprint density at radius 2 is 1.77 bits per heavy atom. The van der Waals surface area contributed by atoms with E-state index in [-0.39, 0.29) is 5.56 Å². The zero-order valence-electron chi connectivity index (χ0n) is 21.9. The second-order valence-corrected chi connectivity index (χ2v) is 11.2. The molecule has 1 amide bonds. The monoisotopic (exact) mass is 563 g/mol. The Kier molecular flexibility index (Phi) is 7.07. The van der Waals surface area contributed by atoms with Crippen LogP contribution in [0.3, 0.4) is 0 Å². The highest BCUT2D eigenvalue weighted by Gasteiger charge is 2.32. The van der Waals surface area contributed by atoms with E-state index in [1.807, 2.05) is 49.1 Å². The lowest BCUT2D eigenvalue weighted by Crippen LogP contribution is -2.43. The van der Waals surface area contributed by atoms with E-state index in [0.29, 0.717) is 24.3 Å². The summed E-state index contributed by atoms with van der Waals surface area (Å²) in [4.78, 5) is 21.9. The summed E-state index contributed by atoms with van der Waals surface area (Å²) in [6.07, 6.45) is -2.56. The summed E-state index contributed by atoms with van der Waals surface area (Å²) < 4.78 is 44.4. The van der Waals surface area contributed by atoms with Crippen molar-refractivity contribution in [2.24, 2.45) is 0 Å². The molecule has 0 bridgehead atoms. The second kappa shape index (κ2) is 10.7. The van der Waals surface area contributed by atoms with Crippen LogP contribution >= 0.6 is 11.3 Å². The predicted octanol–water partition coefficient (Wildman–Crippen LogP) is 6.32. The standard InChI is InChI=1S/C30H28F3N5OS/c1-36-8-10-37(11-9-36)17-21-12-23(15-24(13-21)30(31,32)33)29(39)35-25-4-3-22-6-7-38(27(22)16-25)18-20-2-5-26-28(14-20)40-19-34-26/h2-7,12-16,19H,8-11,17-18H2,1H3,(H,35,39). The predicted molar refractivity (Wildman–Crippen MR) is 153 cm³/mol. The van der Waals surface area contributed by atoms with Crippen LogP contribution in [0.15, 0.2) is 72.4 Å². The van der Waals surface area contributed by atoms with Gasteiger partial charge in [-0.1, -0.05) is 12.1 Å². The van der Waals surface area contributed by atoms with Crippen molar-refractivity contribution >= 4 is 44.1 Å². The quantitative estimate of drug-likeness (QED) is 0.263. The average Bonchev–Trinajstić information content (AvgIpc) is 3.56. The molecule has 6 rings (SSSR count). The van der Waals surface area contributed by atoms with Crippen molar-refractivity contribution in [3.05, 3.63) is 94.6 Å². The Bertz CT molecular complexity index is 1680. The Labute approximate surface area is 233 Å². The largest absolute Gasteiger partial charge is 0.416 e. The highest BCUT2D eigenvalue weighted by Crippen LogP contribution is 2.32. The highest BCUT2D eigenvalue weighted by atomic mass is 32.1. The van der Waals surface area contributed by atoms with Crippen LogP contribution in [0.1, 0.15) is 27.0 Å². The molecule has 40 heavy (non-hydrogen) atoms. The van der Waals surface area contributed by atoms with Gasteiger partial charge in [0.2, 0.25) is 0 Å². The molecule has 1 aliphatic heterocycles. The topological polar surface area (TPSA) is 53.4 Å². The van der Waals surface area contributed by atoms with Crippen molar-refractivity contribution in [1.29, 1.82) is 0 Å². The first-order valence-electron chi connectivity index (χ1n) is 13.1. The van der Waals surface area contributed by atoms with Gasteiger partial charge in [0, 0.05) is 56.7 Å². The maximum atomic E-state index is 13.7. The van der Waals surface area contributed by atoms with E-state index in [0.717, 1.165) is 65.0 Å². The number of fused-ring (bicyclic) bond motifs is 2. The lowest BCUT2D eigenvalue weighted by Gasteiger charge is -2.32. The van der Waals surface area contributed by atoms with Gasteiger partial charge in [0.1, 0.15) is 0 Å². The van der Waals surface area contributed by atoms with E-state index >= 15 is 0 Å². The van der Waals surface area contributed by atoms with E-state index in [9.17, 15) is 18.0 Å². The van der Waals surface area contributed by atoms with Gasteiger partial charge in [-0.25, -0.2) is 4.98 Å². The summed E-state index contributed by atoms with van der Waals surface area (Å²) in [6.45, 7) is 4.26. The summed E-state index contributed by atoms with van der Waals surface area (Å²) in [5, 5.41) is 3.83. The molecule has 0 aliphatic carbocycles. The minimum atomic E-state index is -4.55. The van der Waals surface area contributed by atoms with Crippen LogP contribution in [0.2, 0.25) is 0 Å². The molecule has 0 unspecified atom stereocenters. The molecule has 6 nitrogen and oxygen atoms in total. The molecule has 0 radical (unpaired) electrons. The number of alkyl halides is 3. The summed E-state index contributed by atoms with van der Waals surface area (Å²) >= 11 is 1.60. The number of aromatic nitrogens is 2. The van der Waals surface area contributed by atoms with Crippen molar-refractivity contribution in [2.45, 2.75) is 19.3 Å². The van der Waals surface area contributed by atoms with Crippen LogP contribution in [0, 0.1) is 0 Å². The number of thiazole rings is 1. The van der Waals surface area contributed by atoms with Crippen LogP contribution < -0.4 is 5.32 Å². The first-order valence-corrected chi connectivity index (χ1v) is 13.9. The number of hydrogen-bond acceptors (Lipinski definition) is 5. The minimum absolute atomic E-state index is 0.00714. The number of carbonyl (C=O) groups is 1. The summed E-state index contributed by atoms with van der Waals surface area (Å²) in [5.74, 6) is -0.571. The molecular formula is C30H28F3N5OS. The highest BCUT2D eigenvalue weighted by molar-refractivity contribution is 7.16. The SMILES string of the molecule is CN1CCN(Cc2cc(C(=O)Nc3ccc4ccn(Cc5ccc6ncsc6c5)c4c3)cc(C(F)(F)F)c2)CC1. The number of piperazine rings is 1. The maximum absolute atomic E-state index is 13.7. The smallest absolute Gasteiger partial charge is 0.343 e. The molecule has 0 saturated carbocycles. The third kappa shape index (κ3) is 5.74. The number of amides is 1. The summed E-state index contributed by atoms with van der Waals surface area (Å²) in [6, 6.07) is 17.4. The van der Waals surface area contributed by atoms with Crippen LogP contribution in [-0.2, 0) is 19.3 Å². The van der Waals surface area contributed by atoms with Gasteiger partial charge in [0.05, 0.1) is 26.8 Å². The molecular weight excluding hydrogens is 535 g/mol. The molecule has 0 atom stereocenters. The fourth-order valence-corrected chi connectivity index (χ4v) is 5.88.